The lowest BCUT2D eigenvalue weighted by Crippen LogP contribution is -2.05. The predicted octanol–water partition coefficient (Wildman–Crippen LogP) is 3.13. The number of non-ortho nitro benzene ring substituents is 1. The number of rotatable bonds is 4. The molecule has 5 nitrogen and oxygen atoms in total. The van der Waals surface area contributed by atoms with E-state index in [0.29, 0.717) is 11.1 Å². The van der Waals surface area contributed by atoms with Gasteiger partial charge in [0, 0.05) is 12.1 Å². The number of benzene rings is 1. The molecule has 0 saturated heterocycles. The molecule has 0 spiro atoms. The molecular formula is C12H12ClNO4. The molecule has 0 aromatic heterocycles. The standard InChI is InChI=1S/C12H12ClNO4/c1-3-18-12(15)11(13)8(2)9-4-6-10(7-5-9)14(16)17/h4-7H,3H2,1-2H3/b11-8+. The Morgan fingerprint density at radius 3 is 2.39 bits per heavy atom. The third-order valence-corrected chi connectivity index (χ3v) is 2.73. The average Bonchev–Trinajstić information content (AvgIpc) is 2.37. The van der Waals surface area contributed by atoms with Gasteiger partial charge in [0.1, 0.15) is 5.03 Å². The van der Waals surface area contributed by atoms with E-state index in [4.69, 9.17) is 16.3 Å². The minimum Gasteiger partial charge on any atom is -0.462 e. The van der Waals surface area contributed by atoms with Crippen molar-refractivity contribution in [3.05, 3.63) is 45.0 Å². The Morgan fingerprint density at radius 1 is 1.39 bits per heavy atom. The highest BCUT2D eigenvalue weighted by Crippen LogP contribution is 2.23. The Hall–Kier alpha value is -1.88. The van der Waals surface area contributed by atoms with E-state index >= 15 is 0 Å². The van der Waals surface area contributed by atoms with Crippen molar-refractivity contribution >= 4 is 28.8 Å². The highest BCUT2D eigenvalue weighted by molar-refractivity contribution is 6.44. The largest absolute Gasteiger partial charge is 0.462 e. The summed E-state index contributed by atoms with van der Waals surface area (Å²) in [5.74, 6) is -0.602. The van der Waals surface area contributed by atoms with E-state index in [1.165, 1.54) is 24.3 Å². The highest BCUT2D eigenvalue weighted by Gasteiger charge is 2.13. The van der Waals surface area contributed by atoms with Crippen molar-refractivity contribution in [2.75, 3.05) is 6.61 Å². The quantitative estimate of drug-likeness (QED) is 0.364. The molecule has 96 valence electrons. The Bertz CT molecular complexity index is 493. The molecule has 0 atom stereocenters. The lowest BCUT2D eigenvalue weighted by atomic mass is 10.1. The first-order valence-electron chi connectivity index (χ1n) is 5.25. The van der Waals surface area contributed by atoms with Crippen LogP contribution in [-0.2, 0) is 9.53 Å². The molecule has 0 bridgehead atoms. The first kappa shape index (κ1) is 14.2. The van der Waals surface area contributed by atoms with Crippen LogP contribution in [-0.4, -0.2) is 17.5 Å². The summed E-state index contributed by atoms with van der Waals surface area (Å²) in [5, 5.41) is 10.5. The number of carbonyl (C=O) groups excluding carboxylic acids is 1. The summed E-state index contributed by atoms with van der Waals surface area (Å²) in [6.45, 7) is 3.58. The van der Waals surface area contributed by atoms with Crippen molar-refractivity contribution in [2.24, 2.45) is 0 Å². The molecule has 0 heterocycles. The van der Waals surface area contributed by atoms with Gasteiger partial charge in [0.25, 0.3) is 5.69 Å². The van der Waals surface area contributed by atoms with Crippen molar-refractivity contribution in [1.29, 1.82) is 0 Å². The normalized spacial score (nSPS) is 11.7. The SMILES string of the molecule is CCOC(=O)/C(Cl)=C(/C)c1ccc([N+](=O)[O-])cc1. The monoisotopic (exact) mass is 269 g/mol. The second kappa shape index (κ2) is 6.16. The van der Waals surface area contributed by atoms with Gasteiger partial charge in [0.2, 0.25) is 0 Å². The summed E-state index contributed by atoms with van der Waals surface area (Å²) in [6.07, 6.45) is 0. The molecule has 0 unspecified atom stereocenters. The third-order valence-electron chi connectivity index (χ3n) is 2.30. The average molecular weight is 270 g/mol. The van der Waals surface area contributed by atoms with Crippen LogP contribution in [0.1, 0.15) is 19.4 Å². The maximum Gasteiger partial charge on any atom is 0.350 e. The summed E-state index contributed by atoms with van der Waals surface area (Å²) in [5.41, 5.74) is 1.14. The molecule has 1 aromatic carbocycles. The van der Waals surface area contributed by atoms with Gasteiger partial charge in [-0.25, -0.2) is 4.79 Å². The van der Waals surface area contributed by atoms with Crippen LogP contribution in [0.4, 0.5) is 5.69 Å². The van der Waals surface area contributed by atoms with Crippen LogP contribution in [0.25, 0.3) is 5.57 Å². The third kappa shape index (κ3) is 3.30. The Morgan fingerprint density at radius 2 is 1.94 bits per heavy atom. The van der Waals surface area contributed by atoms with Crippen LogP contribution < -0.4 is 0 Å². The summed E-state index contributed by atoms with van der Waals surface area (Å²) in [7, 11) is 0. The van der Waals surface area contributed by atoms with E-state index in [-0.39, 0.29) is 17.3 Å². The van der Waals surface area contributed by atoms with Crippen LogP contribution in [0.5, 0.6) is 0 Å². The summed E-state index contributed by atoms with van der Waals surface area (Å²) in [4.78, 5) is 21.4. The van der Waals surface area contributed by atoms with Crippen LogP contribution in [0.3, 0.4) is 0 Å². The Balaban J connectivity index is 3.02. The zero-order valence-electron chi connectivity index (χ0n) is 9.97. The fourth-order valence-corrected chi connectivity index (χ4v) is 1.47. The molecule has 0 aliphatic rings. The van der Waals surface area contributed by atoms with E-state index in [2.05, 4.69) is 0 Å². The van der Waals surface area contributed by atoms with E-state index < -0.39 is 10.9 Å². The number of ether oxygens (including phenoxy) is 1. The number of halogens is 1. The predicted molar refractivity (Wildman–Crippen MR) is 68.2 cm³/mol. The molecule has 0 aliphatic carbocycles. The van der Waals surface area contributed by atoms with Gasteiger partial charge in [-0.15, -0.1) is 0 Å². The van der Waals surface area contributed by atoms with E-state index in [1.54, 1.807) is 13.8 Å². The van der Waals surface area contributed by atoms with Crippen LogP contribution in [0.2, 0.25) is 0 Å². The molecule has 6 heteroatoms. The Kier molecular flexibility index (Phi) is 4.85. The first-order valence-corrected chi connectivity index (χ1v) is 5.63. The zero-order valence-corrected chi connectivity index (χ0v) is 10.7. The van der Waals surface area contributed by atoms with Crippen LogP contribution in [0.15, 0.2) is 29.3 Å². The smallest absolute Gasteiger partial charge is 0.350 e. The second-order valence-corrected chi connectivity index (χ2v) is 3.84. The lowest BCUT2D eigenvalue weighted by Gasteiger charge is -2.05. The van der Waals surface area contributed by atoms with Crippen LogP contribution >= 0.6 is 11.6 Å². The van der Waals surface area contributed by atoms with Gasteiger partial charge >= 0.3 is 5.97 Å². The van der Waals surface area contributed by atoms with Gasteiger partial charge in [-0.2, -0.15) is 0 Å². The minimum absolute atomic E-state index is 0.0150. The van der Waals surface area contributed by atoms with E-state index in [0.717, 1.165) is 0 Å². The number of esters is 1. The number of nitrogens with zero attached hydrogens (tertiary/aromatic N) is 1. The maximum absolute atomic E-state index is 11.4. The van der Waals surface area contributed by atoms with Crippen LogP contribution in [0, 0.1) is 10.1 Å². The van der Waals surface area contributed by atoms with Crippen molar-refractivity contribution in [3.63, 3.8) is 0 Å². The van der Waals surface area contributed by atoms with Gasteiger partial charge < -0.3 is 4.74 Å². The summed E-state index contributed by atoms with van der Waals surface area (Å²) in [6, 6.07) is 5.78. The molecule has 1 aromatic rings. The molecular weight excluding hydrogens is 258 g/mol. The van der Waals surface area contributed by atoms with Gasteiger partial charge in [-0.05, 0) is 37.1 Å². The van der Waals surface area contributed by atoms with Crippen molar-refractivity contribution in [3.8, 4) is 0 Å². The topological polar surface area (TPSA) is 69.4 Å². The number of hydrogen-bond acceptors (Lipinski definition) is 4. The fourth-order valence-electron chi connectivity index (χ4n) is 1.31. The molecule has 0 aliphatic heterocycles. The first-order chi connectivity index (χ1) is 8.47. The van der Waals surface area contributed by atoms with Gasteiger partial charge in [0.15, 0.2) is 0 Å². The Labute approximate surface area is 109 Å². The lowest BCUT2D eigenvalue weighted by molar-refractivity contribution is -0.384. The molecule has 0 amide bonds. The fraction of sp³-hybridized carbons (Fsp3) is 0.250. The van der Waals surface area contributed by atoms with Crippen molar-refractivity contribution < 1.29 is 14.5 Å². The number of carbonyl (C=O) groups is 1. The molecule has 0 fully saturated rings. The van der Waals surface area contributed by atoms with Gasteiger partial charge in [0.05, 0.1) is 11.5 Å². The summed E-state index contributed by atoms with van der Waals surface area (Å²) >= 11 is 5.87. The van der Waals surface area contributed by atoms with Crippen molar-refractivity contribution in [2.45, 2.75) is 13.8 Å². The van der Waals surface area contributed by atoms with E-state index in [9.17, 15) is 14.9 Å². The second-order valence-electron chi connectivity index (χ2n) is 3.46. The molecule has 18 heavy (non-hydrogen) atoms. The number of hydrogen-bond donors (Lipinski definition) is 0. The van der Waals surface area contributed by atoms with Crippen molar-refractivity contribution in [1.82, 2.24) is 0 Å². The number of nitro benzene ring substituents is 1. The minimum atomic E-state index is -0.602. The molecule has 0 N–H and O–H groups in total. The highest BCUT2D eigenvalue weighted by atomic mass is 35.5. The maximum atomic E-state index is 11.4. The summed E-state index contributed by atoms with van der Waals surface area (Å²) < 4.78 is 4.77. The number of nitro groups is 1. The molecule has 0 saturated carbocycles. The van der Waals surface area contributed by atoms with Gasteiger partial charge in [-0.3, -0.25) is 10.1 Å². The molecule has 0 radical (unpaired) electrons. The molecule has 1 rings (SSSR count). The number of allylic oxidation sites excluding steroid dienone is 1. The zero-order chi connectivity index (χ0) is 13.7. The van der Waals surface area contributed by atoms with Gasteiger partial charge in [-0.1, -0.05) is 11.6 Å². The van der Waals surface area contributed by atoms with E-state index in [1.807, 2.05) is 0 Å².